The highest BCUT2D eigenvalue weighted by atomic mass is 35.5. The number of rotatable bonds is 3. The molecule has 0 saturated heterocycles. The first kappa shape index (κ1) is 11.8. The Morgan fingerprint density at radius 1 is 1.11 bits per heavy atom. The van der Waals surface area contributed by atoms with Gasteiger partial charge in [0.15, 0.2) is 0 Å². The maximum Gasteiger partial charge on any atom is 0.0796 e. The molecule has 1 aliphatic rings. The van der Waals surface area contributed by atoms with Gasteiger partial charge in [-0.25, -0.2) is 0 Å². The first-order valence-corrected chi connectivity index (χ1v) is 6.63. The molecule has 3 rings (SSSR count). The lowest BCUT2D eigenvalue weighted by atomic mass is 9.74. The summed E-state index contributed by atoms with van der Waals surface area (Å²) in [7, 11) is 0. The molecule has 2 aromatic carbocycles. The van der Waals surface area contributed by atoms with E-state index < -0.39 is 6.10 Å². The van der Waals surface area contributed by atoms with E-state index in [2.05, 4.69) is 24.3 Å². The third-order valence-corrected chi connectivity index (χ3v) is 3.98. The quantitative estimate of drug-likeness (QED) is 0.879. The molecule has 2 unspecified atom stereocenters. The number of benzene rings is 2. The minimum atomic E-state index is -0.402. The predicted molar refractivity (Wildman–Crippen MR) is 73.9 cm³/mol. The molecule has 1 aliphatic carbocycles. The number of hydrogen-bond donors (Lipinski definition) is 1. The molecule has 0 aromatic heterocycles. The number of halogens is 1. The average molecular weight is 259 g/mol. The van der Waals surface area contributed by atoms with Crippen LogP contribution < -0.4 is 0 Å². The van der Waals surface area contributed by atoms with Crippen molar-refractivity contribution >= 4 is 11.6 Å². The van der Waals surface area contributed by atoms with Crippen molar-refractivity contribution < 1.29 is 5.11 Å². The van der Waals surface area contributed by atoms with E-state index in [9.17, 15) is 5.11 Å². The van der Waals surface area contributed by atoms with Crippen molar-refractivity contribution in [2.24, 2.45) is 0 Å². The molecule has 0 amide bonds. The van der Waals surface area contributed by atoms with Crippen LogP contribution in [0, 0.1) is 0 Å². The van der Waals surface area contributed by atoms with Crippen LogP contribution in [0.2, 0.25) is 5.02 Å². The topological polar surface area (TPSA) is 20.2 Å². The third-order valence-electron chi connectivity index (χ3n) is 3.72. The molecule has 0 fully saturated rings. The number of hydrogen-bond acceptors (Lipinski definition) is 1. The zero-order valence-electron chi connectivity index (χ0n) is 10.0. The van der Waals surface area contributed by atoms with Crippen LogP contribution in [0.25, 0.3) is 0 Å². The van der Waals surface area contributed by atoms with Crippen LogP contribution >= 0.6 is 11.6 Å². The van der Waals surface area contributed by atoms with Gasteiger partial charge in [-0.2, -0.15) is 0 Å². The highest BCUT2D eigenvalue weighted by molar-refractivity contribution is 6.30. The van der Waals surface area contributed by atoms with Gasteiger partial charge in [-0.05, 0) is 47.6 Å². The fourth-order valence-corrected chi connectivity index (χ4v) is 2.79. The minimum Gasteiger partial charge on any atom is -0.388 e. The highest BCUT2D eigenvalue weighted by Crippen LogP contribution is 2.40. The van der Waals surface area contributed by atoms with E-state index in [0.717, 1.165) is 18.4 Å². The van der Waals surface area contributed by atoms with Crippen LogP contribution in [-0.4, -0.2) is 5.11 Å². The van der Waals surface area contributed by atoms with Crippen molar-refractivity contribution in [1.82, 2.24) is 0 Å². The van der Waals surface area contributed by atoms with Gasteiger partial charge in [0, 0.05) is 5.02 Å². The molecule has 1 N–H and O–H groups in total. The first-order valence-electron chi connectivity index (χ1n) is 6.25. The smallest absolute Gasteiger partial charge is 0.0796 e. The Balaban J connectivity index is 1.70. The molecule has 2 heteroatoms. The fraction of sp³-hybridized carbons (Fsp3) is 0.250. The van der Waals surface area contributed by atoms with Crippen molar-refractivity contribution in [2.45, 2.75) is 24.9 Å². The van der Waals surface area contributed by atoms with E-state index in [1.807, 2.05) is 24.3 Å². The van der Waals surface area contributed by atoms with Gasteiger partial charge in [-0.3, -0.25) is 0 Å². The van der Waals surface area contributed by atoms with Crippen LogP contribution in [-0.2, 0) is 6.42 Å². The summed E-state index contributed by atoms with van der Waals surface area (Å²) in [4.78, 5) is 0. The molecule has 2 aromatic rings. The van der Waals surface area contributed by atoms with E-state index in [-0.39, 0.29) is 0 Å². The van der Waals surface area contributed by atoms with Crippen LogP contribution in [0.5, 0.6) is 0 Å². The Bertz CT molecular complexity index is 547. The fourth-order valence-electron chi connectivity index (χ4n) is 2.66. The largest absolute Gasteiger partial charge is 0.388 e. The van der Waals surface area contributed by atoms with E-state index >= 15 is 0 Å². The Kier molecular flexibility index (Phi) is 3.11. The van der Waals surface area contributed by atoms with Crippen LogP contribution in [0.1, 0.15) is 35.1 Å². The summed E-state index contributed by atoms with van der Waals surface area (Å²) in [5.41, 5.74) is 3.76. The molecule has 2 atom stereocenters. The number of aliphatic hydroxyl groups excluding tert-OH is 1. The molecule has 0 aliphatic heterocycles. The van der Waals surface area contributed by atoms with Gasteiger partial charge in [0.05, 0.1) is 6.10 Å². The molecule has 0 saturated carbocycles. The molecule has 18 heavy (non-hydrogen) atoms. The summed E-state index contributed by atoms with van der Waals surface area (Å²) >= 11 is 5.85. The summed E-state index contributed by atoms with van der Waals surface area (Å²) in [6, 6.07) is 15.9. The van der Waals surface area contributed by atoms with Crippen LogP contribution in [0.3, 0.4) is 0 Å². The first-order chi connectivity index (χ1) is 8.74. The summed E-state index contributed by atoms with van der Waals surface area (Å²) in [6.45, 7) is 0. The molecular formula is C16H15ClO. The van der Waals surface area contributed by atoms with Crippen molar-refractivity contribution in [3.05, 3.63) is 70.2 Å². The number of aliphatic hydroxyl groups is 1. The summed E-state index contributed by atoms with van der Waals surface area (Å²) in [5, 5.41) is 10.9. The van der Waals surface area contributed by atoms with Gasteiger partial charge < -0.3 is 5.11 Å². The summed E-state index contributed by atoms with van der Waals surface area (Å²) in [5.74, 6) is 0.492. The second kappa shape index (κ2) is 4.75. The lowest BCUT2D eigenvalue weighted by molar-refractivity contribution is 0.153. The Morgan fingerprint density at radius 3 is 2.56 bits per heavy atom. The van der Waals surface area contributed by atoms with Crippen molar-refractivity contribution in [1.29, 1.82) is 0 Å². The van der Waals surface area contributed by atoms with Crippen LogP contribution in [0.4, 0.5) is 0 Å². The minimum absolute atomic E-state index is 0.402. The van der Waals surface area contributed by atoms with Crippen molar-refractivity contribution in [2.75, 3.05) is 0 Å². The van der Waals surface area contributed by atoms with Gasteiger partial charge in [0.1, 0.15) is 0 Å². The zero-order valence-corrected chi connectivity index (χ0v) is 10.8. The van der Waals surface area contributed by atoms with E-state index in [1.54, 1.807) is 0 Å². The van der Waals surface area contributed by atoms with Gasteiger partial charge in [0.2, 0.25) is 0 Å². The number of fused-ring (bicyclic) bond motifs is 1. The van der Waals surface area contributed by atoms with Gasteiger partial charge in [-0.1, -0.05) is 48.0 Å². The summed E-state index contributed by atoms with van der Waals surface area (Å²) in [6.07, 6.45) is 1.47. The lowest BCUT2D eigenvalue weighted by Gasteiger charge is -2.31. The molecule has 0 bridgehead atoms. The standard InChI is InChI=1S/C16H15ClO/c17-14-7-5-11(6-8-14)16(18)10-13-9-12-3-1-2-4-15(12)13/h1-8,13,16,18H,9-10H2. The second-order valence-electron chi connectivity index (χ2n) is 4.90. The van der Waals surface area contributed by atoms with E-state index in [0.29, 0.717) is 10.9 Å². The Hall–Kier alpha value is -1.31. The normalized spacial score (nSPS) is 18.9. The van der Waals surface area contributed by atoms with E-state index in [1.165, 1.54) is 11.1 Å². The maximum absolute atomic E-state index is 10.2. The molecule has 92 valence electrons. The zero-order chi connectivity index (χ0) is 12.5. The SMILES string of the molecule is OC(CC1Cc2ccccc21)c1ccc(Cl)cc1. The van der Waals surface area contributed by atoms with Crippen molar-refractivity contribution in [3.8, 4) is 0 Å². The third kappa shape index (κ3) is 2.16. The maximum atomic E-state index is 10.2. The van der Waals surface area contributed by atoms with Crippen LogP contribution in [0.15, 0.2) is 48.5 Å². The monoisotopic (exact) mass is 258 g/mol. The second-order valence-corrected chi connectivity index (χ2v) is 5.34. The summed E-state index contributed by atoms with van der Waals surface area (Å²) < 4.78 is 0. The van der Waals surface area contributed by atoms with Gasteiger partial charge in [-0.15, -0.1) is 0 Å². The lowest BCUT2D eigenvalue weighted by Crippen LogP contribution is -2.19. The Labute approximate surface area is 112 Å². The molecular weight excluding hydrogens is 244 g/mol. The van der Waals surface area contributed by atoms with Gasteiger partial charge in [0.25, 0.3) is 0 Å². The van der Waals surface area contributed by atoms with Gasteiger partial charge >= 0.3 is 0 Å². The molecule has 0 radical (unpaired) electrons. The molecule has 1 nitrogen and oxygen atoms in total. The molecule has 0 heterocycles. The molecule has 0 spiro atoms. The van der Waals surface area contributed by atoms with Crippen molar-refractivity contribution in [3.63, 3.8) is 0 Å². The average Bonchev–Trinajstić information content (AvgIpc) is 2.36. The Morgan fingerprint density at radius 2 is 1.83 bits per heavy atom. The predicted octanol–water partition coefficient (Wildman–Crippen LogP) is 4.10. The highest BCUT2D eigenvalue weighted by Gasteiger charge is 2.27. The van der Waals surface area contributed by atoms with E-state index in [4.69, 9.17) is 11.6 Å².